The summed E-state index contributed by atoms with van der Waals surface area (Å²) in [4.78, 5) is 18.5. The number of aromatic nitrogens is 1. The molecule has 4 nitrogen and oxygen atoms in total. The van der Waals surface area contributed by atoms with E-state index in [0.29, 0.717) is 0 Å². The Bertz CT molecular complexity index is 480. The van der Waals surface area contributed by atoms with E-state index in [-0.39, 0.29) is 12.1 Å². The molecule has 1 fully saturated rings. The van der Waals surface area contributed by atoms with Crippen molar-refractivity contribution in [1.29, 1.82) is 0 Å². The lowest BCUT2D eigenvalue weighted by atomic mass is 9.94. The Morgan fingerprint density at radius 3 is 2.80 bits per heavy atom. The maximum absolute atomic E-state index is 12.4. The van der Waals surface area contributed by atoms with Gasteiger partial charge in [-0.2, -0.15) is 0 Å². The summed E-state index contributed by atoms with van der Waals surface area (Å²) in [6, 6.07) is 2.09. The minimum Gasteiger partial charge on any atom is -0.444 e. The standard InChI is InChI=1S/C16H24N2O2/c1-12-8-9-17-11-13(12)14-7-5-6-10-18(14)15(19)20-16(2,3)4/h8-9,11,14H,5-7,10H2,1-4H3/t14-/m1/s1. The fraction of sp³-hybridized carbons (Fsp3) is 0.625. The number of piperidine rings is 1. The highest BCUT2D eigenvalue weighted by Crippen LogP contribution is 2.33. The Hall–Kier alpha value is -1.58. The lowest BCUT2D eigenvalue weighted by Crippen LogP contribution is -2.42. The van der Waals surface area contributed by atoms with Gasteiger partial charge in [0, 0.05) is 18.9 Å². The Kier molecular flexibility index (Phi) is 4.31. The molecule has 20 heavy (non-hydrogen) atoms. The van der Waals surface area contributed by atoms with Crippen molar-refractivity contribution in [2.24, 2.45) is 0 Å². The summed E-state index contributed by atoms with van der Waals surface area (Å²) in [7, 11) is 0. The predicted molar refractivity (Wildman–Crippen MR) is 78.5 cm³/mol. The molecule has 0 spiro atoms. The summed E-state index contributed by atoms with van der Waals surface area (Å²) in [5, 5.41) is 0. The second kappa shape index (κ2) is 5.81. The Balaban J connectivity index is 2.22. The zero-order chi connectivity index (χ0) is 14.8. The first kappa shape index (κ1) is 14.8. The maximum Gasteiger partial charge on any atom is 0.410 e. The van der Waals surface area contributed by atoms with Crippen molar-refractivity contribution in [2.75, 3.05) is 6.54 Å². The number of pyridine rings is 1. The van der Waals surface area contributed by atoms with Gasteiger partial charge in [0.1, 0.15) is 5.60 Å². The van der Waals surface area contributed by atoms with Gasteiger partial charge in [0.05, 0.1) is 6.04 Å². The van der Waals surface area contributed by atoms with E-state index in [1.165, 1.54) is 5.56 Å². The van der Waals surface area contributed by atoms with Gasteiger partial charge >= 0.3 is 6.09 Å². The first-order chi connectivity index (χ1) is 9.38. The number of amides is 1. The average Bonchev–Trinajstić information content (AvgIpc) is 2.37. The third-order valence-electron chi connectivity index (χ3n) is 3.57. The highest BCUT2D eigenvalue weighted by molar-refractivity contribution is 5.69. The van der Waals surface area contributed by atoms with Gasteiger partial charge in [0.15, 0.2) is 0 Å². The van der Waals surface area contributed by atoms with E-state index < -0.39 is 5.60 Å². The topological polar surface area (TPSA) is 42.4 Å². The summed E-state index contributed by atoms with van der Waals surface area (Å²) in [6.07, 6.45) is 6.60. The quantitative estimate of drug-likeness (QED) is 0.782. The van der Waals surface area contributed by atoms with Crippen LogP contribution in [0.4, 0.5) is 4.79 Å². The fourth-order valence-corrected chi connectivity index (χ4v) is 2.62. The molecule has 1 aromatic rings. The Morgan fingerprint density at radius 1 is 1.40 bits per heavy atom. The molecular formula is C16H24N2O2. The van der Waals surface area contributed by atoms with Crippen LogP contribution in [0.5, 0.6) is 0 Å². The van der Waals surface area contributed by atoms with Crippen LogP contribution in [0.3, 0.4) is 0 Å². The number of likely N-dealkylation sites (tertiary alicyclic amines) is 1. The molecule has 0 radical (unpaired) electrons. The molecule has 2 heterocycles. The van der Waals surface area contributed by atoms with Gasteiger partial charge < -0.3 is 9.64 Å². The van der Waals surface area contributed by atoms with E-state index >= 15 is 0 Å². The molecule has 0 aliphatic carbocycles. The van der Waals surface area contributed by atoms with Crippen LogP contribution in [-0.2, 0) is 4.74 Å². The van der Waals surface area contributed by atoms with E-state index in [9.17, 15) is 4.79 Å². The van der Waals surface area contributed by atoms with Crippen molar-refractivity contribution in [3.05, 3.63) is 29.6 Å². The molecule has 1 amide bonds. The van der Waals surface area contributed by atoms with Crippen LogP contribution in [0.15, 0.2) is 18.5 Å². The zero-order valence-electron chi connectivity index (χ0n) is 12.8. The van der Waals surface area contributed by atoms with Crippen LogP contribution >= 0.6 is 0 Å². The average molecular weight is 276 g/mol. The van der Waals surface area contributed by atoms with Crippen LogP contribution in [0, 0.1) is 6.92 Å². The Morgan fingerprint density at radius 2 is 2.15 bits per heavy atom. The lowest BCUT2D eigenvalue weighted by Gasteiger charge is -2.37. The third-order valence-corrected chi connectivity index (χ3v) is 3.57. The van der Waals surface area contributed by atoms with Crippen LogP contribution in [0.25, 0.3) is 0 Å². The molecule has 0 bridgehead atoms. The normalized spacial score (nSPS) is 19.8. The summed E-state index contributed by atoms with van der Waals surface area (Å²) in [5.41, 5.74) is 1.86. The largest absolute Gasteiger partial charge is 0.444 e. The van der Waals surface area contributed by atoms with Gasteiger partial charge in [0.25, 0.3) is 0 Å². The molecule has 1 saturated heterocycles. The van der Waals surface area contributed by atoms with E-state index in [2.05, 4.69) is 11.9 Å². The number of hydrogen-bond acceptors (Lipinski definition) is 3. The molecular weight excluding hydrogens is 252 g/mol. The van der Waals surface area contributed by atoms with Crippen molar-refractivity contribution >= 4 is 6.09 Å². The minimum absolute atomic E-state index is 0.0901. The number of carbonyl (C=O) groups excluding carboxylic acids is 1. The van der Waals surface area contributed by atoms with Gasteiger partial charge in [-0.25, -0.2) is 4.79 Å². The summed E-state index contributed by atoms with van der Waals surface area (Å²) in [6.45, 7) is 8.53. The highest BCUT2D eigenvalue weighted by atomic mass is 16.6. The fourth-order valence-electron chi connectivity index (χ4n) is 2.62. The molecule has 0 aromatic carbocycles. The molecule has 1 atom stereocenters. The van der Waals surface area contributed by atoms with Crippen molar-refractivity contribution in [3.8, 4) is 0 Å². The third kappa shape index (κ3) is 3.50. The summed E-state index contributed by atoms with van der Waals surface area (Å²) >= 11 is 0. The molecule has 1 aliphatic rings. The van der Waals surface area contributed by atoms with Crippen LogP contribution in [-0.4, -0.2) is 28.1 Å². The summed E-state index contributed by atoms with van der Waals surface area (Å²) in [5.74, 6) is 0. The molecule has 0 N–H and O–H groups in total. The van der Waals surface area contributed by atoms with Gasteiger partial charge in [-0.3, -0.25) is 4.98 Å². The minimum atomic E-state index is -0.455. The van der Waals surface area contributed by atoms with Crippen molar-refractivity contribution in [2.45, 2.75) is 58.6 Å². The monoisotopic (exact) mass is 276 g/mol. The molecule has 110 valence electrons. The number of carbonyl (C=O) groups is 1. The van der Waals surface area contributed by atoms with E-state index in [1.807, 2.05) is 37.9 Å². The second-order valence-corrected chi connectivity index (χ2v) is 6.42. The molecule has 0 unspecified atom stereocenters. The van der Waals surface area contributed by atoms with Crippen LogP contribution < -0.4 is 0 Å². The number of ether oxygens (including phenoxy) is 1. The Labute approximate surface area is 121 Å². The van der Waals surface area contributed by atoms with E-state index in [4.69, 9.17) is 4.74 Å². The first-order valence-electron chi connectivity index (χ1n) is 7.28. The van der Waals surface area contributed by atoms with Gasteiger partial charge in [-0.1, -0.05) is 0 Å². The van der Waals surface area contributed by atoms with Gasteiger partial charge in [-0.05, 0) is 64.2 Å². The number of aryl methyl sites for hydroxylation is 1. The molecule has 0 saturated carbocycles. The SMILES string of the molecule is Cc1ccncc1[C@H]1CCCCN1C(=O)OC(C)(C)C. The van der Waals surface area contributed by atoms with Crippen molar-refractivity contribution < 1.29 is 9.53 Å². The van der Waals surface area contributed by atoms with Gasteiger partial charge in [0.2, 0.25) is 0 Å². The predicted octanol–water partition coefficient (Wildman–Crippen LogP) is 3.85. The second-order valence-electron chi connectivity index (χ2n) is 6.42. The van der Waals surface area contributed by atoms with Crippen LogP contribution in [0.1, 0.15) is 57.2 Å². The van der Waals surface area contributed by atoms with Crippen molar-refractivity contribution in [3.63, 3.8) is 0 Å². The molecule has 1 aromatic heterocycles. The number of hydrogen-bond donors (Lipinski definition) is 0. The van der Waals surface area contributed by atoms with Gasteiger partial charge in [-0.15, -0.1) is 0 Å². The molecule has 4 heteroatoms. The lowest BCUT2D eigenvalue weighted by molar-refractivity contribution is 0.00942. The first-order valence-corrected chi connectivity index (χ1v) is 7.28. The zero-order valence-corrected chi connectivity index (χ0v) is 12.8. The van der Waals surface area contributed by atoms with Crippen molar-refractivity contribution in [1.82, 2.24) is 9.88 Å². The highest BCUT2D eigenvalue weighted by Gasteiger charge is 2.32. The van der Waals surface area contributed by atoms with E-state index in [1.54, 1.807) is 6.20 Å². The molecule has 1 aliphatic heterocycles. The van der Waals surface area contributed by atoms with E-state index in [0.717, 1.165) is 31.4 Å². The summed E-state index contributed by atoms with van der Waals surface area (Å²) < 4.78 is 5.54. The smallest absolute Gasteiger partial charge is 0.410 e. The van der Waals surface area contributed by atoms with Crippen LogP contribution in [0.2, 0.25) is 0 Å². The molecule has 2 rings (SSSR count). The maximum atomic E-state index is 12.4. The number of nitrogens with zero attached hydrogens (tertiary/aromatic N) is 2. The number of rotatable bonds is 1.